The number of nitrogens with two attached hydrogens (primary N) is 1. The molecule has 0 saturated heterocycles. The Morgan fingerprint density at radius 2 is 2.07 bits per heavy atom. The van der Waals surface area contributed by atoms with E-state index in [2.05, 4.69) is 4.98 Å². The second-order valence-corrected chi connectivity index (χ2v) is 3.03. The topological polar surface area (TPSA) is 43.8 Å². The van der Waals surface area contributed by atoms with Gasteiger partial charge in [-0.3, -0.25) is 4.57 Å². The fourth-order valence-electron chi connectivity index (χ4n) is 1.39. The number of halogens is 1. The average Bonchev–Trinajstić information content (AvgIpc) is 2.46. The molecule has 0 bridgehead atoms. The summed E-state index contributed by atoms with van der Waals surface area (Å²) in [7, 11) is 0. The number of rotatable bonds is 1. The van der Waals surface area contributed by atoms with E-state index in [1.165, 1.54) is 6.07 Å². The molecule has 1 aromatic carbocycles. The van der Waals surface area contributed by atoms with Crippen LogP contribution in [0.25, 0.3) is 5.69 Å². The standard InChI is InChI=1S/C10H10FN3/c1-7-13-10(12)6-14(7)9-5-3-2-4-8(9)11/h2-6H,12H2,1H3. The molecule has 0 spiro atoms. The highest BCUT2D eigenvalue weighted by Crippen LogP contribution is 2.16. The molecule has 2 rings (SSSR count). The Labute approximate surface area is 81.0 Å². The molecule has 1 aromatic heterocycles. The molecule has 0 fully saturated rings. The average molecular weight is 191 g/mol. The first-order chi connectivity index (χ1) is 6.68. The van der Waals surface area contributed by atoms with Crippen LogP contribution in [-0.4, -0.2) is 9.55 Å². The maximum absolute atomic E-state index is 13.4. The summed E-state index contributed by atoms with van der Waals surface area (Å²) in [6.45, 7) is 1.78. The third-order valence-electron chi connectivity index (χ3n) is 2.01. The third kappa shape index (κ3) is 1.35. The van der Waals surface area contributed by atoms with Crippen LogP contribution < -0.4 is 5.73 Å². The van der Waals surface area contributed by atoms with Gasteiger partial charge in [-0.05, 0) is 19.1 Å². The minimum absolute atomic E-state index is 0.284. The Bertz CT molecular complexity index is 462. The molecule has 3 nitrogen and oxygen atoms in total. The fraction of sp³-hybridized carbons (Fsp3) is 0.100. The van der Waals surface area contributed by atoms with Crippen LogP contribution >= 0.6 is 0 Å². The van der Waals surface area contributed by atoms with Gasteiger partial charge in [0.25, 0.3) is 0 Å². The van der Waals surface area contributed by atoms with Gasteiger partial charge in [0.15, 0.2) is 0 Å². The summed E-state index contributed by atoms with van der Waals surface area (Å²) in [5, 5.41) is 0. The number of aryl methyl sites for hydroxylation is 1. The number of hydrogen-bond donors (Lipinski definition) is 1. The summed E-state index contributed by atoms with van der Waals surface area (Å²) < 4.78 is 15.0. The number of nitrogens with zero attached hydrogens (tertiary/aromatic N) is 2. The molecule has 72 valence electrons. The van der Waals surface area contributed by atoms with Crippen LogP contribution in [0.4, 0.5) is 10.2 Å². The van der Waals surface area contributed by atoms with Crippen molar-refractivity contribution in [3.8, 4) is 5.69 Å². The number of para-hydroxylation sites is 1. The number of hydrogen-bond acceptors (Lipinski definition) is 2. The lowest BCUT2D eigenvalue weighted by Gasteiger charge is -2.04. The summed E-state index contributed by atoms with van der Waals surface area (Å²) in [4.78, 5) is 4.00. The summed E-state index contributed by atoms with van der Waals surface area (Å²) in [5.74, 6) is 0.784. The van der Waals surface area contributed by atoms with Crippen LogP contribution in [0.5, 0.6) is 0 Å². The van der Waals surface area contributed by atoms with Crippen LogP contribution in [0.15, 0.2) is 30.5 Å². The lowest BCUT2D eigenvalue weighted by Crippen LogP contribution is -1.98. The van der Waals surface area contributed by atoms with E-state index < -0.39 is 0 Å². The van der Waals surface area contributed by atoms with Crippen molar-refractivity contribution in [2.24, 2.45) is 0 Å². The molecular formula is C10H10FN3. The van der Waals surface area contributed by atoms with E-state index in [4.69, 9.17) is 5.73 Å². The predicted molar refractivity (Wildman–Crippen MR) is 52.7 cm³/mol. The molecule has 0 unspecified atom stereocenters. The van der Waals surface area contributed by atoms with E-state index in [0.717, 1.165) is 0 Å². The van der Waals surface area contributed by atoms with Gasteiger partial charge < -0.3 is 5.73 Å². The first kappa shape index (κ1) is 8.74. The van der Waals surface area contributed by atoms with E-state index in [0.29, 0.717) is 17.3 Å². The number of nitrogen functional groups attached to an aromatic ring is 1. The van der Waals surface area contributed by atoms with Crippen molar-refractivity contribution in [1.29, 1.82) is 0 Å². The van der Waals surface area contributed by atoms with Crippen molar-refractivity contribution in [3.05, 3.63) is 42.1 Å². The Kier molecular flexibility index (Phi) is 1.96. The molecule has 1 heterocycles. The molecule has 0 amide bonds. The first-order valence-electron chi connectivity index (χ1n) is 4.25. The van der Waals surface area contributed by atoms with Crippen molar-refractivity contribution in [3.63, 3.8) is 0 Å². The van der Waals surface area contributed by atoms with Crippen molar-refractivity contribution in [1.82, 2.24) is 9.55 Å². The van der Waals surface area contributed by atoms with Crippen LogP contribution in [0.3, 0.4) is 0 Å². The number of aromatic nitrogens is 2. The van der Waals surface area contributed by atoms with Gasteiger partial charge in [0.05, 0.1) is 11.9 Å². The summed E-state index contributed by atoms with van der Waals surface area (Å²) in [6, 6.07) is 6.51. The molecule has 14 heavy (non-hydrogen) atoms. The maximum Gasteiger partial charge on any atom is 0.147 e. The summed E-state index contributed by atoms with van der Waals surface area (Å²) in [6.07, 6.45) is 1.60. The van der Waals surface area contributed by atoms with E-state index in [-0.39, 0.29) is 5.82 Å². The van der Waals surface area contributed by atoms with Gasteiger partial charge in [0.2, 0.25) is 0 Å². The highest BCUT2D eigenvalue weighted by Gasteiger charge is 2.07. The van der Waals surface area contributed by atoms with Crippen LogP contribution in [-0.2, 0) is 0 Å². The SMILES string of the molecule is Cc1nc(N)cn1-c1ccccc1F. The third-order valence-corrected chi connectivity index (χ3v) is 2.01. The molecule has 0 aliphatic rings. The van der Waals surface area contributed by atoms with Gasteiger partial charge in [-0.1, -0.05) is 12.1 Å². The number of imidazole rings is 1. The Morgan fingerprint density at radius 1 is 1.36 bits per heavy atom. The van der Waals surface area contributed by atoms with Gasteiger partial charge in [0.1, 0.15) is 17.5 Å². The molecule has 0 atom stereocenters. The first-order valence-corrected chi connectivity index (χ1v) is 4.25. The quantitative estimate of drug-likeness (QED) is 0.748. The van der Waals surface area contributed by atoms with Crippen molar-refractivity contribution < 1.29 is 4.39 Å². The van der Waals surface area contributed by atoms with Crippen LogP contribution in [0, 0.1) is 12.7 Å². The fourth-order valence-corrected chi connectivity index (χ4v) is 1.39. The lowest BCUT2D eigenvalue weighted by atomic mass is 10.3. The second-order valence-electron chi connectivity index (χ2n) is 3.03. The van der Waals surface area contributed by atoms with Gasteiger partial charge in [-0.2, -0.15) is 0 Å². The molecule has 0 saturated carbocycles. The normalized spacial score (nSPS) is 10.4. The zero-order valence-corrected chi connectivity index (χ0v) is 7.74. The van der Waals surface area contributed by atoms with Gasteiger partial charge in [0, 0.05) is 0 Å². The molecule has 0 aliphatic heterocycles. The van der Waals surface area contributed by atoms with Crippen LogP contribution in [0.2, 0.25) is 0 Å². The minimum Gasteiger partial charge on any atom is -0.382 e. The summed E-state index contributed by atoms with van der Waals surface area (Å²) in [5.41, 5.74) is 5.98. The second kappa shape index (κ2) is 3.14. The number of benzene rings is 1. The molecule has 2 N–H and O–H groups in total. The maximum atomic E-state index is 13.4. The molecule has 0 aliphatic carbocycles. The molecule has 0 radical (unpaired) electrons. The van der Waals surface area contributed by atoms with Gasteiger partial charge >= 0.3 is 0 Å². The summed E-state index contributed by atoms with van der Waals surface area (Å²) >= 11 is 0. The molecule has 4 heteroatoms. The van der Waals surface area contributed by atoms with E-state index in [1.54, 1.807) is 35.9 Å². The Morgan fingerprint density at radius 3 is 2.64 bits per heavy atom. The lowest BCUT2D eigenvalue weighted by molar-refractivity contribution is 0.616. The smallest absolute Gasteiger partial charge is 0.147 e. The highest BCUT2D eigenvalue weighted by atomic mass is 19.1. The molecular weight excluding hydrogens is 181 g/mol. The minimum atomic E-state index is -0.284. The van der Waals surface area contributed by atoms with Crippen LogP contribution in [0.1, 0.15) is 5.82 Å². The Hall–Kier alpha value is -1.84. The zero-order valence-electron chi connectivity index (χ0n) is 7.74. The highest BCUT2D eigenvalue weighted by molar-refractivity contribution is 5.39. The Balaban J connectivity index is 2.60. The monoisotopic (exact) mass is 191 g/mol. The van der Waals surface area contributed by atoms with E-state index >= 15 is 0 Å². The van der Waals surface area contributed by atoms with E-state index in [9.17, 15) is 4.39 Å². The van der Waals surface area contributed by atoms with Gasteiger partial charge in [-0.25, -0.2) is 9.37 Å². The van der Waals surface area contributed by atoms with E-state index in [1.807, 2.05) is 0 Å². The predicted octanol–water partition coefficient (Wildman–Crippen LogP) is 1.90. The molecule has 2 aromatic rings. The van der Waals surface area contributed by atoms with Crippen molar-refractivity contribution in [2.45, 2.75) is 6.92 Å². The van der Waals surface area contributed by atoms with Crippen molar-refractivity contribution >= 4 is 5.82 Å². The number of anilines is 1. The van der Waals surface area contributed by atoms with Crippen molar-refractivity contribution in [2.75, 3.05) is 5.73 Å². The van der Waals surface area contributed by atoms with Gasteiger partial charge in [-0.15, -0.1) is 0 Å². The largest absolute Gasteiger partial charge is 0.382 e. The zero-order chi connectivity index (χ0) is 10.1.